The Kier molecular flexibility index (Phi) is 7.14. The molecule has 1 saturated heterocycles. The molecule has 0 radical (unpaired) electrons. The Labute approximate surface area is 231 Å². The SMILES string of the molecule is Cn1c(N2CCC(=O)NC2=O)cnc1-c1ccc2c(c1)CN(C[C@H]1CC[C@H](OCc3c(F)cccc3Cl)C1)C2. The zero-order valence-corrected chi connectivity index (χ0v) is 22.6. The van der Waals surface area contributed by atoms with E-state index in [1.165, 1.54) is 17.2 Å². The van der Waals surface area contributed by atoms with Crippen LogP contribution in [0, 0.1) is 11.7 Å². The summed E-state index contributed by atoms with van der Waals surface area (Å²) in [5.74, 6) is 1.41. The predicted molar refractivity (Wildman–Crippen MR) is 146 cm³/mol. The lowest BCUT2D eigenvalue weighted by Gasteiger charge is -2.26. The lowest BCUT2D eigenvalue weighted by molar-refractivity contribution is -0.120. The standard InChI is InChI=1S/C29H31ClFN5O3/c1-34-27(36-10-9-26(37)33-29(36)38)13-32-28(34)19-6-7-20-15-35(16-21(20)12-19)14-18-5-8-22(11-18)39-17-23-24(30)3-2-4-25(23)31/h2-4,6-7,12-13,18,22H,5,8-11,14-17H2,1H3,(H,33,37,38)/t18-,22-/m0/s1. The van der Waals surface area contributed by atoms with E-state index < -0.39 is 6.03 Å². The highest BCUT2D eigenvalue weighted by atomic mass is 35.5. The molecule has 8 nitrogen and oxygen atoms in total. The van der Waals surface area contributed by atoms with Gasteiger partial charge >= 0.3 is 6.03 Å². The van der Waals surface area contributed by atoms with E-state index in [9.17, 15) is 14.0 Å². The van der Waals surface area contributed by atoms with Crippen molar-refractivity contribution in [3.8, 4) is 11.4 Å². The van der Waals surface area contributed by atoms with Crippen molar-refractivity contribution in [2.24, 2.45) is 13.0 Å². The highest BCUT2D eigenvalue weighted by molar-refractivity contribution is 6.31. The fourth-order valence-electron chi connectivity index (χ4n) is 6.02. The van der Waals surface area contributed by atoms with Gasteiger partial charge in [-0.1, -0.05) is 29.8 Å². The van der Waals surface area contributed by atoms with Crippen molar-refractivity contribution in [3.05, 3.63) is 70.1 Å². The predicted octanol–water partition coefficient (Wildman–Crippen LogP) is 5.03. The monoisotopic (exact) mass is 551 g/mol. The largest absolute Gasteiger partial charge is 0.373 e. The Morgan fingerprint density at radius 1 is 1.15 bits per heavy atom. The highest BCUT2D eigenvalue weighted by Crippen LogP contribution is 2.34. The summed E-state index contributed by atoms with van der Waals surface area (Å²) in [6.07, 6.45) is 5.12. The molecule has 204 valence electrons. The van der Waals surface area contributed by atoms with Crippen LogP contribution in [-0.2, 0) is 36.3 Å². The van der Waals surface area contributed by atoms with Crippen LogP contribution < -0.4 is 10.2 Å². The van der Waals surface area contributed by atoms with Gasteiger partial charge in [0, 0.05) is 55.8 Å². The topological polar surface area (TPSA) is 79.7 Å². The van der Waals surface area contributed by atoms with Crippen LogP contribution in [0.1, 0.15) is 42.4 Å². The summed E-state index contributed by atoms with van der Waals surface area (Å²) in [4.78, 5) is 32.5. The smallest absolute Gasteiger partial charge is 0.329 e. The minimum atomic E-state index is -0.416. The van der Waals surface area contributed by atoms with Crippen molar-refractivity contribution in [1.29, 1.82) is 0 Å². The molecular weight excluding hydrogens is 521 g/mol. The number of halogens is 2. The lowest BCUT2D eigenvalue weighted by atomic mass is 10.1. The Morgan fingerprint density at radius 2 is 2.00 bits per heavy atom. The maximum absolute atomic E-state index is 14.1. The second-order valence-corrected chi connectivity index (χ2v) is 11.1. The molecule has 0 bridgehead atoms. The van der Waals surface area contributed by atoms with Crippen LogP contribution in [0.25, 0.3) is 11.4 Å². The number of anilines is 1. The molecule has 2 aromatic carbocycles. The van der Waals surface area contributed by atoms with Crippen LogP contribution in [0.15, 0.2) is 42.6 Å². The van der Waals surface area contributed by atoms with Gasteiger partial charge in [-0.2, -0.15) is 0 Å². The minimum Gasteiger partial charge on any atom is -0.373 e. The highest BCUT2D eigenvalue weighted by Gasteiger charge is 2.30. The molecule has 1 N–H and O–H groups in total. The van der Waals surface area contributed by atoms with Gasteiger partial charge in [0.2, 0.25) is 5.91 Å². The number of aromatic nitrogens is 2. The summed E-state index contributed by atoms with van der Waals surface area (Å²) in [6, 6.07) is 10.8. The third-order valence-electron chi connectivity index (χ3n) is 8.08. The Bertz CT molecular complexity index is 1410. The molecule has 1 saturated carbocycles. The first-order valence-corrected chi connectivity index (χ1v) is 13.8. The van der Waals surface area contributed by atoms with Crippen molar-refractivity contribution >= 4 is 29.4 Å². The Morgan fingerprint density at radius 3 is 2.82 bits per heavy atom. The number of ether oxygens (including phenoxy) is 1. The molecule has 2 atom stereocenters. The van der Waals surface area contributed by atoms with Gasteiger partial charge in [0.1, 0.15) is 17.5 Å². The average Bonchev–Trinajstić information content (AvgIpc) is 3.62. The number of nitrogens with one attached hydrogen (secondary N) is 1. The van der Waals surface area contributed by atoms with Crippen molar-refractivity contribution in [1.82, 2.24) is 19.8 Å². The number of urea groups is 1. The summed E-state index contributed by atoms with van der Waals surface area (Å²) >= 11 is 6.15. The number of nitrogens with zero attached hydrogens (tertiary/aromatic N) is 4. The fraction of sp³-hybridized carbons (Fsp3) is 0.414. The van der Waals surface area contributed by atoms with Crippen molar-refractivity contribution in [2.45, 2.75) is 51.5 Å². The number of carbonyl (C=O) groups excluding carboxylic acids is 2. The fourth-order valence-corrected chi connectivity index (χ4v) is 6.24. The van der Waals surface area contributed by atoms with Gasteiger partial charge in [-0.3, -0.25) is 19.9 Å². The summed E-state index contributed by atoms with van der Waals surface area (Å²) < 4.78 is 22.0. The van der Waals surface area contributed by atoms with Crippen LogP contribution in [0.5, 0.6) is 0 Å². The molecule has 1 aromatic heterocycles. The zero-order valence-electron chi connectivity index (χ0n) is 21.8. The van der Waals surface area contributed by atoms with Crippen molar-refractivity contribution < 1.29 is 18.7 Å². The van der Waals surface area contributed by atoms with E-state index in [4.69, 9.17) is 16.3 Å². The lowest BCUT2D eigenvalue weighted by Crippen LogP contribution is -2.50. The van der Waals surface area contributed by atoms with Crippen molar-refractivity contribution in [3.63, 3.8) is 0 Å². The number of rotatable bonds is 7. The van der Waals surface area contributed by atoms with Gasteiger partial charge in [0.15, 0.2) is 0 Å². The molecule has 2 aliphatic heterocycles. The van der Waals surface area contributed by atoms with E-state index >= 15 is 0 Å². The van der Waals surface area contributed by atoms with E-state index in [1.54, 1.807) is 23.2 Å². The van der Waals surface area contributed by atoms with Crippen LogP contribution >= 0.6 is 11.6 Å². The number of hydrogen-bond donors (Lipinski definition) is 1. The Hall–Kier alpha value is -3.27. The van der Waals surface area contributed by atoms with Gasteiger partial charge in [-0.25, -0.2) is 14.2 Å². The van der Waals surface area contributed by atoms with E-state index in [2.05, 4.69) is 33.4 Å². The zero-order chi connectivity index (χ0) is 27.1. The van der Waals surface area contributed by atoms with Gasteiger partial charge in [-0.15, -0.1) is 0 Å². The van der Waals surface area contributed by atoms with Gasteiger partial charge < -0.3 is 9.30 Å². The molecule has 10 heteroatoms. The number of carbonyl (C=O) groups is 2. The number of imide groups is 1. The molecule has 3 heterocycles. The van der Waals surface area contributed by atoms with Crippen LogP contribution in [0.2, 0.25) is 5.02 Å². The maximum Gasteiger partial charge on any atom is 0.329 e. The minimum absolute atomic E-state index is 0.125. The normalized spacial score (nSPS) is 21.5. The molecule has 3 aliphatic rings. The quantitative estimate of drug-likeness (QED) is 0.446. The number of hydrogen-bond acceptors (Lipinski definition) is 5. The number of imidazole rings is 1. The van der Waals surface area contributed by atoms with Gasteiger partial charge in [0.05, 0.1) is 18.9 Å². The first-order valence-electron chi connectivity index (χ1n) is 13.4. The number of amides is 3. The molecule has 0 spiro atoms. The second-order valence-electron chi connectivity index (χ2n) is 10.7. The Balaban J connectivity index is 1.06. The maximum atomic E-state index is 14.1. The van der Waals surface area contributed by atoms with Crippen LogP contribution in [0.4, 0.5) is 15.0 Å². The molecule has 1 aliphatic carbocycles. The third kappa shape index (κ3) is 5.31. The van der Waals surface area contributed by atoms with Crippen LogP contribution in [-0.4, -0.2) is 45.6 Å². The van der Waals surface area contributed by atoms with E-state index in [0.717, 1.165) is 50.3 Å². The summed E-state index contributed by atoms with van der Waals surface area (Å²) in [7, 11) is 1.89. The molecule has 0 unspecified atom stereocenters. The summed E-state index contributed by atoms with van der Waals surface area (Å²) in [5.41, 5.74) is 4.04. The van der Waals surface area contributed by atoms with E-state index in [1.807, 2.05) is 11.6 Å². The summed E-state index contributed by atoms with van der Waals surface area (Å²) in [5, 5.41) is 2.78. The number of fused-ring (bicyclic) bond motifs is 1. The molecule has 6 rings (SSSR count). The van der Waals surface area contributed by atoms with E-state index in [0.29, 0.717) is 28.9 Å². The van der Waals surface area contributed by atoms with Gasteiger partial charge in [0.25, 0.3) is 0 Å². The molecular formula is C29H31ClFN5O3. The summed E-state index contributed by atoms with van der Waals surface area (Å²) in [6.45, 7) is 3.34. The first-order chi connectivity index (χ1) is 18.9. The molecule has 2 fully saturated rings. The van der Waals surface area contributed by atoms with Crippen LogP contribution in [0.3, 0.4) is 0 Å². The van der Waals surface area contributed by atoms with E-state index in [-0.39, 0.29) is 30.9 Å². The first kappa shape index (κ1) is 26.0. The van der Waals surface area contributed by atoms with Gasteiger partial charge in [-0.05, 0) is 54.5 Å². The molecule has 3 aromatic rings. The van der Waals surface area contributed by atoms with Crippen molar-refractivity contribution in [2.75, 3.05) is 18.0 Å². The second kappa shape index (κ2) is 10.7. The molecule has 39 heavy (non-hydrogen) atoms. The number of benzene rings is 2. The third-order valence-corrected chi connectivity index (χ3v) is 8.44. The average molecular weight is 552 g/mol. The molecule has 3 amide bonds.